The molecule has 152 valence electrons. The molecule has 0 unspecified atom stereocenters. The Hall–Kier alpha value is -2.06. The van der Waals surface area contributed by atoms with Crippen molar-refractivity contribution in [2.24, 2.45) is 0 Å². The van der Waals surface area contributed by atoms with E-state index in [1.807, 2.05) is 0 Å². The van der Waals surface area contributed by atoms with Crippen LogP contribution in [0.5, 0.6) is 11.5 Å². The van der Waals surface area contributed by atoms with Crippen LogP contribution in [0.1, 0.15) is 33.4 Å². The Morgan fingerprint density at radius 2 is 0.929 bits per heavy atom. The second-order valence-electron chi connectivity index (χ2n) is 7.25. The molecule has 4 heterocycles. The third-order valence-electron chi connectivity index (χ3n) is 4.98. The van der Waals surface area contributed by atoms with Gasteiger partial charge in [-0.25, -0.2) is 16.8 Å². The van der Waals surface area contributed by atoms with E-state index in [-0.39, 0.29) is 23.0 Å². The van der Waals surface area contributed by atoms with E-state index in [0.29, 0.717) is 33.8 Å². The molecule has 6 rings (SSSR count). The lowest BCUT2D eigenvalue weighted by atomic mass is 10.1. The van der Waals surface area contributed by atoms with E-state index in [4.69, 9.17) is 9.47 Å². The summed E-state index contributed by atoms with van der Waals surface area (Å²) in [5.74, 6) is 0.0707. The van der Waals surface area contributed by atoms with E-state index in [9.17, 15) is 16.8 Å². The fraction of sp³-hybridized carbons (Fsp3) is 0.400. The molecular weight excluding hydrogens is 400 g/mol. The van der Waals surface area contributed by atoms with Crippen molar-refractivity contribution in [3.8, 4) is 11.5 Å². The Balaban J connectivity index is 2.25. The smallest absolute Gasteiger partial charge is 0.158 e. The van der Waals surface area contributed by atoms with Gasteiger partial charge in [0, 0.05) is 11.1 Å². The molecule has 0 N–H and O–H groups in total. The van der Waals surface area contributed by atoms with Gasteiger partial charge in [0.15, 0.2) is 19.7 Å². The second kappa shape index (κ2) is 7.40. The number of methoxy groups -OCH3 is 2. The Kier molecular flexibility index (Phi) is 5.46. The summed E-state index contributed by atoms with van der Waals surface area (Å²) in [6.45, 7) is 3.57. The Bertz CT molecular complexity index is 1050. The molecule has 0 aromatic heterocycles. The average Bonchev–Trinajstić information content (AvgIpc) is 2.58. The van der Waals surface area contributed by atoms with Gasteiger partial charge in [0.05, 0.1) is 37.2 Å². The summed E-state index contributed by atoms with van der Waals surface area (Å²) in [5.41, 5.74) is 3.72. The van der Waals surface area contributed by atoms with Crippen molar-refractivity contribution in [3.63, 3.8) is 0 Å². The first-order valence-corrected chi connectivity index (χ1v) is 12.4. The lowest BCUT2D eigenvalue weighted by Gasteiger charge is -2.18. The molecule has 28 heavy (non-hydrogen) atoms. The van der Waals surface area contributed by atoms with Gasteiger partial charge in [0.25, 0.3) is 0 Å². The zero-order chi connectivity index (χ0) is 20.7. The number of benzene rings is 2. The van der Waals surface area contributed by atoms with Crippen molar-refractivity contribution in [1.82, 2.24) is 0 Å². The highest BCUT2D eigenvalue weighted by atomic mass is 32.2. The summed E-state index contributed by atoms with van der Waals surface area (Å²) in [4.78, 5) is 0. The van der Waals surface area contributed by atoms with Crippen LogP contribution in [0, 0.1) is 13.8 Å². The molecule has 6 nitrogen and oxygen atoms in total. The van der Waals surface area contributed by atoms with Gasteiger partial charge in [0.1, 0.15) is 11.5 Å². The molecule has 4 aliphatic heterocycles. The standard InChI is InChI=1S/C20H24O6S2/c1-13-5-17-11-28(23,24)12-18-6-14(2)16(8-20(18)26-4)10-27(21,22)9-15(13)7-19(17)25-3/h5-8H,9-12H2,1-4H3. The maximum absolute atomic E-state index is 12.9. The minimum absolute atomic E-state index is 0.147. The Morgan fingerprint density at radius 1 is 0.607 bits per heavy atom. The first-order valence-electron chi connectivity index (χ1n) is 8.77. The van der Waals surface area contributed by atoms with Crippen LogP contribution in [0.2, 0.25) is 0 Å². The molecule has 2 aromatic rings. The van der Waals surface area contributed by atoms with Crippen molar-refractivity contribution in [1.29, 1.82) is 0 Å². The molecule has 0 aliphatic carbocycles. The molecule has 0 fully saturated rings. The third-order valence-corrected chi connectivity index (χ3v) is 7.98. The van der Waals surface area contributed by atoms with Crippen molar-refractivity contribution in [2.45, 2.75) is 36.9 Å². The molecule has 0 radical (unpaired) electrons. The van der Waals surface area contributed by atoms with E-state index in [1.165, 1.54) is 14.2 Å². The summed E-state index contributed by atoms with van der Waals surface area (Å²) >= 11 is 0. The number of aryl methyl sites for hydroxylation is 2. The zero-order valence-corrected chi connectivity index (χ0v) is 18.0. The van der Waals surface area contributed by atoms with E-state index >= 15 is 0 Å². The average molecular weight is 425 g/mol. The topological polar surface area (TPSA) is 86.7 Å². The van der Waals surface area contributed by atoms with E-state index < -0.39 is 19.7 Å². The zero-order valence-electron chi connectivity index (χ0n) is 16.4. The number of rotatable bonds is 2. The molecule has 0 amide bonds. The quantitative estimate of drug-likeness (QED) is 0.737. The van der Waals surface area contributed by atoms with Crippen LogP contribution >= 0.6 is 0 Å². The van der Waals surface area contributed by atoms with E-state index in [0.717, 1.165) is 11.1 Å². The minimum Gasteiger partial charge on any atom is -0.496 e. The molecule has 0 saturated carbocycles. The van der Waals surface area contributed by atoms with Crippen LogP contribution < -0.4 is 9.47 Å². The normalized spacial score (nSPS) is 17.9. The molecule has 4 aliphatic rings. The predicted octanol–water partition coefficient (Wildman–Crippen LogP) is 2.86. The lowest BCUT2D eigenvalue weighted by Crippen LogP contribution is -2.14. The first kappa shape index (κ1) is 20.7. The monoisotopic (exact) mass is 424 g/mol. The molecule has 4 bridgehead atoms. The van der Waals surface area contributed by atoms with Gasteiger partial charge in [-0.2, -0.15) is 0 Å². The Labute approximate surface area is 166 Å². The van der Waals surface area contributed by atoms with Crippen molar-refractivity contribution < 1.29 is 26.3 Å². The van der Waals surface area contributed by atoms with Gasteiger partial charge >= 0.3 is 0 Å². The highest BCUT2D eigenvalue weighted by Gasteiger charge is 2.24. The van der Waals surface area contributed by atoms with E-state index in [2.05, 4.69) is 0 Å². The SMILES string of the molecule is COc1cc2c(C)cc1CS(=O)(=O)Cc1cc(C)c(cc1OC)CS(=O)(=O)C2. The van der Waals surface area contributed by atoms with E-state index in [1.54, 1.807) is 38.1 Å². The number of ether oxygens (including phenoxy) is 2. The second-order valence-corrected chi connectivity index (χ2v) is 11.4. The molecular formula is C20H24O6S2. The van der Waals surface area contributed by atoms with Crippen LogP contribution in [-0.4, -0.2) is 31.1 Å². The van der Waals surface area contributed by atoms with Gasteiger partial charge in [-0.1, -0.05) is 12.1 Å². The molecule has 0 spiro atoms. The summed E-state index contributed by atoms with van der Waals surface area (Å²) < 4.78 is 62.2. The van der Waals surface area contributed by atoms with Gasteiger partial charge < -0.3 is 9.47 Å². The van der Waals surface area contributed by atoms with Crippen LogP contribution in [0.15, 0.2) is 24.3 Å². The lowest BCUT2D eigenvalue weighted by molar-refractivity contribution is 0.409. The van der Waals surface area contributed by atoms with Crippen LogP contribution in [0.4, 0.5) is 0 Å². The van der Waals surface area contributed by atoms with Crippen molar-refractivity contribution >= 4 is 19.7 Å². The molecule has 0 saturated heterocycles. The number of hydrogen-bond donors (Lipinski definition) is 0. The fourth-order valence-corrected chi connectivity index (χ4v) is 6.72. The van der Waals surface area contributed by atoms with Crippen LogP contribution in [0.25, 0.3) is 0 Å². The predicted molar refractivity (Wildman–Crippen MR) is 108 cm³/mol. The Morgan fingerprint density at radius 3 is 1.25 bits per heavy atom. The fourth-order valence-electron chi connectivity index (χ4n) is 3.55. The van der Waals surface area contributed by atoms with Gasteiger partial charge in [-0.05, 0) is 48.2 Å². The van der Waals surface area contributed by atoms with Crippen LogP contribution in [-0.2, 0) is 42.7 Å². The summed E-state index contributed by atoms with van der Waals surface area (Å²) in [5, 5.41) is 0. The third kappa shape index (κ3) is 4.33. The highest BCUT2D eigenvalue weighted by molar-refractivity contribution is 7.90. The number of hydrogen-bond acceptors (Lipinski definition) is 6. The van der Waals surface area contributed by atoms with Crippen molar-refractivity contribution in [3.05, 3.63) is 57.6 Å². The first-order chi connectivity index (χ1) is 13.0. The van der Waals surface area contributed by atoms with Crippen molar-refractivity contribution in [2.75, 3.05) is 14.2 Å². The number of sulfone groups is 2. The minimum atomic E-state index is -3.50. The summed E-state index contributed by atoms with van der Waals surface area (Å²) in [7, 11) is -4.05. The summed E-state index contributed by atoms with van der Waals surface area (Å²) in [6.07, 6.45) is 0. The maximum atomic E-state index is 12.9. The molecule has 8 heteroatoms. The molecule has 2 aromatic carbocycles. The van der Waals surface area contributed by atoms with Gasteiger partial charge in [0.2, 0.25) is 0 Å². The largest absolute Gasteiger partial charge is 0.496 e. The van der Waals surface area contributed by atoms with Gasteiger partial charge in [-0.15, -0.1) is 0 Å². The summed E-state index contributed by atoms with van der Waals surface area (Å²) in [6, 6.07) is 6.69. The van der Waals surface area contributed by atoms with Crippen LogP contribution in [0.3, 0.4) is 0 Å². The highest BCUT2D eigenvalue weighted by Crippen LogP contribution is 2.32. The molecule has 0 atom stereocenters. The van der Waals surface area contributed by atoms with Gasteiger partial charge in [-0.3, -0.25) is 0 Å². The maximum Gasteiger partial charge on any atom is 0.158 e.